The van der Waals surface area contributed by atoms with Crippen molar-refractivity contribution in [1.29, 1.82) is 0 Å². The fourth-order valence-electron chi connectivity index (χ4n) is 1.68. The molecule has 1 heterocycles. The minimum atomic E-state index is -0.251. The Balaban J connectivity index is 2.49. The van der Waals surface area contributed by atoms with Crippen molar-refractivity contribution < 1.29 is 4.39 Å². The van der Waals surface area contributed by atoms with Crippen molar-refractivity contribution >= 4 is 10.9 Å². The molecule has 0 atom stereocenters. The van der Waals surface area contributed by atoms with Gasteiger partial charge >= 0.3 is 0 Å². The Bertz CT molecular complexity index is 476. The van der Waals surface area contributed by atoms with Crippen molar-refractivity contribution in [2.24, 2.45) is 0 Å². The van der Waals surface area contributed by atoms with Crippen molar-refractivity contribution in [2.75, 3.05) is 13.6 Å². The van der Waals surface area contributed by atoms with Crippen molar-refractivity contribution in [3.05, 3.63) is 29.7 Å². The number of nitrogens with one attached hydrogen (secondary N) is 1. The smallest absolute Gasteiger partial charge is 0.151 e. The Morgan fingerprint density at radius 2 is 2.27 bits per heavy atom. The number of halogens is 1. The number of likely N-dealkylation sites (N-methyl/N-ethyl adjacent to an activating group) is 1. The number of hydrogen-bond donors (Lipinski definition) is 1. The predicted molar refractivity (Wildman–Crippen MR) is 58.4 cm³/mol. The van der Waals surface area contributed by atoms with Crippen LogP contribution in [-0.4, -0.2) is 23.4 Å². The van der Waals surface area contributed by atoms with Gasteiger partial charge in [0.05, 0.1) is 6.54 Å². The second-order valence-electron chi connectivity index (χ2n) is 3.55. The van der Waals surface area contributed by atoms with Crippen LogP contribution in [0.25, 0.3) is 10.9 Å². The van der Waals surface area contributed by atoms with Crippen LogP contribution < -0.4 is 5.32 Å². The molecule has 0 amide bonds. The molecule has 0 aliphatic heterocycles. The molecular formula is C11H14FN3. The highest BCUT2D eigenvalue weighted by atomic mass is 19.1. The molecule has 0 saturated heterocycles. The number of aryl methyl sites for hydroxylation is 1. The van der Waals surface area contributed by atoms with Gasteiger partial charge in [-0.3, -0.25) is 4.68 Å². The first kappa shape index (κ1) is 10.1. The van der Waals surface area contributed by atoms with Gasteiger partial charge in [-0.1, -0.05) is 12.1 Å². The molecule has 0 saturated carbocycles. The molecule has 3 nitrogen and oxygen atoms in total. The Labute approximate surface area is 87.9 Å². The van der Waals surface area contributed by atoms with Crippen LogP contribution in [0.1, 0.15) is 5.69 Å². The molecule has 15 heavy (non-hydrogen) atoms. The summed E-state index contributed by atoms with van der Waals surface area (Å²) in [4.78, 5) is 0. The Morgan fingerprint density at radius 1 is 1.47 bits per heavy atom. The fourth-order valence-corrected chi connectivity index (χ4v) is 1.68. The third-order valence-corrected chi connectivity index (χ3v) is 2.56. The lowest BCUT2D eigenvalue weighted by atomic mass is 10.2. The highest BCUT2D eigenvalue weighted by molar-refractivity contribution is 5.81. The highest BCUT2D eigenvalue weighted by Crippen LogP contribution is 2.19. The molecule has 0 spiro atoms. The largest absolute Gasteiger partial charge is 0.318 e. The van der Waals surface area contributed by atoms with E-state index in [0.29, 0.717) is 5.52 Å². The van der Waals surface area contributed by atoms with Gasteiger partial charge in [0.25, 0.3) is 0 Å². The Kier molecular flexibility index (Phi) is 2.68. The molecule has 0 aliphatic carbocycles. The number of nitrogens with zero attached hydrogens (tertiary/aromatic N) is 2. The zero-order valence-electron chi connectivity index (χ0n) is 8.92. The lowest BCUT2D eigenvalue weighted by Gasteiger charge is -2.02. The van der Waals surface area contributed by atoms with E-state index in [-0.39, 0.29) is 5.82 Å². The minimum absolute atomic E-state index is 0.251. The van der Waals surface area contributed by atoms with Crippen LogP contribution in [0.5, 0.6) is 0 Å². The summed E-state index contributed by atoms with van der Waals surface area (Å²) in [7, 11) is 1.89. The van der Waals surface area contributed by atoms with E-state index in [1.54, 1.807) is 6.07 Å². The van der Waals surface area contributed by atoms with Gasteiger partial charge in [-0.05, 0) is 20.0 Å². The van der Waals surface area contributed by atoms with Gasteiger partial charge in [0.15, 0.2) is 5.82 Å². The zero-order chi connectivity index (χ0) is 10.8. The van der Waals surface area contributed by atoms with Crippen molar-refractivity contribution in [3.8, 4) is 0 Å². The number of aromatic nitrogens is 2. The van der Waals surface area contributed by atoms with E-state index in [4.69, 9.17) is 0 Å². The molecule has 80 valence electrons. The standard InChI is InChI=1S/C11H14FN3/c1-8-9-4-3-5-10(12)11(9)14-15(8)7-6-13-2/h3-5,13H,6-7H2,1-2H3. The summed E-state index contributed by atoms with van der Waals surface area (Å²) in [6, 6.07) is 5.06. The number of rotatable bonds is 3. The first-order valence-electron chi connectivity index (χ1n) is 5.00. The maximum atomic E-state index is 13.4. The summed E-state index contributed by atoms with van der Waals surface area (Å²) in [6.45, 7) is 3.55. The van der Waals surface area contributed by atoms with E-state index >= 15 is 0 Å². The third-order valence-electron chi connectivity index (χ3n) is 2.56. The maximum Gasteiger partial charge on any atom is 0.151 e. The molecule has 2 aromatic rings. The van der Waals surface area contributed by atoms with Gasteiger partial charge in [0.1, 0.15) is 5.52 Å². The van der Waals surface area contributed by atoms with Crippen LogP contribution in [0.15, 0.2) is 18.2 Å². The Hall–Kier alpha value is -1.42. The second-order valence-corrected chi connectivity index (χ2v) is 3.55. The van der Waals surface area contributed by atoms with Crippen LogP contribution in [-0.2, 0) is 6.54 Å². The minimum Gasteiger partial charge on any atom is -0.318 e. The first-order valence-corrected chi connectivity index (χ1v) is 5.00. The lowest BCUT2D eigenvalue weighted by Crippen LogP contribution is -2.16. The normalized spacial score (nSPS) is 11.1. The van der Waals surface area contributed by atoms with E-state index < -0.39 is 0 Å². The fraction of sp³-hybridized carbons (Fsp3) is 0.364. The van der Waals surface area contributed by atoms with Crippen molar-refractivity contribution in [1.82, 2.24) is 15.1 Å². The molecule has 4 heteroatoms. The van der Waals surface area contributed by atoms with Gasteiger partial charge in [0.2, 0.25) is 0 Å². The summed E-state index contributed by atoms with van der Waals surface area (Å²) in [5.74, 6) is -0.251. The SMILES string of the molecule is CNCCn1nc2c(F)cccc2c1C. The molecular weight excluding hydrogens is 193 g/mol. The molecule has 0 bridgehead atoms. The lowest BCUT2D eigenvalue weighted by molar-refractivity contribution is 0.571. The van der Waals surface area contributed by atoms with Crippen LogP contribution in [0.3, 0.4) is 0 Å². The van der Waals surface area contributed by atoms with Gasteiger partial charge < -0.3 is 5.32 Å². The topological polar surface area (TPSA) is 29.9 Å². The van der Waals surface area contributed by atoms with Crippen LogP contribution >= 0.6 is 0 Å². The van der Waals surface area contributed by atoms with E-state index in [1.807, 2.05) is 24.7 Å². The van der Waals surface area contributed by atoms with Crippen LogP contribution in [0.2, 0.25) is 0 Å². The molecule has 1 aromatic heterocycles. The molecule has 1 aromatic carbocycles. The number of benzene rings is 1. The summed E-state index contributed by atoms with van der Waals surface area (Å²) in [6.07, 6.45) is 0. The van der Waals surface area contributed by atoms with E-state index in [0.717, 1.165) is 24.2 Å². The van der Waals surface area contributed by atoms with E-state index in [2.05, 4.69) is 10.4 Å². The summed E-state index contributed by atoms with van der Waals surface area (Å²) in [5.41, 5.74) is 1.48. The molecule has 1 N–H and O–H groups in total. The van der Waals surface area contributed by atoms with Gasteiger partial charge in [0, 0.05) is 17.6 Å². The molecule has 0 radical (unpaired) electrons. The third kappa shape index (κ3) is 1.72. The van der Waals surface area contributed by atoms with Gasteiger partial charge in [-0.2, -0.15) is 5.10 Å². The predicted octanol–water partition coefficient (Wildman–Crippen LogP) is 1.70. The average molecular weight is 207 g/mol. The number of hydrogen-bond acceptors (Lipinski definition) is 2. The summed E-state index contributed by atoms with van der Waals surface area (Å²) < 4.78 is 15.2. The summed E-state index contributed by atoms with van der Waals surface area (Å²) >= 11 is 0. The second kappa shape index (κ2) is 3.98. The molecule has 2 rings (SSSR count). The van der Waals surface area contributed by atoms with Crippen molar-refractivity contribution in [2.45, 2.75) is 13.5 Å². The van der Waals surface area contributed by atoms with Gasteiger partial charge in [-0.15, -0.1) is 0 Å². The maximum absolute atomic E-state index is 13.4. The monoisotopic (exact) mass is 207 g/mol. The zero-order valence-corrected chi connectivity index (χ0v) is 8.92. The average Bonchev–Trinajstić information content (AvgIpc) is 2.55. The van der Waals surface area contributed by atoms with Crippen LogP contribution in [0, 0.1) is 12.7 Å². The quantitative estimate of drug-likeness (QED) is 0.830. The van der Waals surface area contributed by atoms with E-state index in [1.165, 1.54) is 6.07 Å². The van der Waals surface area contributed by atoms with Crippen molar-refractivity contribution in [3.63, 3.8) is 0 Å². The molecule has 0 aliphatic rings. The van der Waals surface area contributed by atoms with Crippen LogP contribution in [0.4, 0.5) is 4.39 Å². The molecule has 0 fully saturated rings. The first-order chi connectivity index (χ1) is 7.24. The number of fused-ring (bicyclic) bond motifs is 1. The molecule has 0 unspecified atom stereocenters. The van der Waals surface area contributed by atoms with Gasteiger partial charge in [-0.25, -0.2) is 4.39 Å². The Morgan fingerprint density at radius 3 is 2.93 bits per heavy atom. The summed E-state index contributed by atoms with van der Waals surface area (Å²) in [5, 5.41) is 8.19. The van der Waals surface area contributed by atoms with E-state index in [9.17, 15) is 4.39 Å². The highest BCUT2D eigenvalue weighted by Gasteiger charge is 2.09.